The molecule has 0 fully saturated rings. The van der Waals surface area contributed by atoms with Crippen molar-refractivity contribution in [3.63, 3.8) is 0 Å². The summed E-state index contributed by atoms with van der Waals surface area (Å²) in [5, 5.41) is 0. The minimum atomic E-state index is 0. The molecular weight excluding hydrogens is 105 g/mol. The van der Waals surface area contributed by atoms with E-state index < -0.39 is 0 Å². The molecule has 0 saturated carbocycles. The van der Waals surface area contributed by atoms with E-state index in [2.05, 4.69) is 0 Å². The van der Waals surface area contributed by atoms with Gasteiger partial charge in [0.05, 0.1) is 0 Å². The zero-order chi connectivity index (χ0) is 0. The third-order valence-electron chi connectivity index (χ3n) is 0. The molecule has 0 aromatic carbocycles. The molecule has 0 aliphatic rings. The maximum atomic E-state index is 0. The van der Waals surface area contributed by atoms with Crippen LogP contribution in [0.3, 0.4) is 0 Å². The fraction of sp³-hybridized carbons (Fsp3) is 0. The third-order valence-corrected chi connectivity index (χ3v) is 0. The standard InChI is InChI=1S/ClH.K.H3N.H2O.H/h1H;;1H3;1H2;. The summed E-state index contributed by atoms with van der Waals surface area (Å²) in [6.45, 7) is 0. The first-order valence-electron chi connectivity index (χ1n) is 0. The van der Waals surface area contributed by atoms with Crippen LogP contribution in [0.25, 0.3) is 0 Å². The van der Waals surface area contributed by atoms with Crippen LogP contribution in [0.2, 0.25) is 0 Å². The van der Waals surface area contributed by atoms with Gasteiger partial charge in [-0.2, -0.15) is 0 Å². The normalized spacial score (nSPS) is 0. The van der Waals surface area contributed by atoms with Crippen LogP contribution >= 0.6 is 12.4 Å². The van der Waals surface area contributed by atoms with Gasteiger partial charge in [-0.05, 0) is 0 Å². The summed E-state index contributed by atoms with van der Waals surface area (Å²) in [4.78, 5) is 0. The van der Waals surface area contributed by atoms with E-state index in [9.17, 15) is 0 Å². The van der Waals surface area contributed by atoms with E-state index >= 15 is 0 Å². The molecule has 4 heavy (non-hydrogen) atoms. The fourth-order valence-corrected chi connectivity index (χ4v) is 0. The van der Waals surface area contributed by atoms with Gasteiger partial charge in [0.25, 0.3) is 0 Å². The Bertz CT molecular complexity index is 8.00. The molecule has 0 aromatic heterocycles. The molecule has 0 bridgehead atoms. The van der Waals surface area contributed by atoms with Gasteiger partial charge in [0, 0.05) is 0 Å². The zero-order valence-corrected chi connectivity index (χ0v) is 2.43. The molecule has 0 amide bonds. The van der Waals surface area contributed by atoms with Gasteiger partial charge in [0.1, 0.15) is 0 Å². The number of hydrogen-bond acceptors (Lipinski definition) is 1. The second kappa shape index (κ2) is 21.0. The molecule has 0 radical (unpaired) electrons. The van der Waals surface area contributed by atoms with Crippen LogP contribution in [-0.4, -0.2) is 56.9 Å². The van der Waals surface area contributed by atoms with Gasteiger partial charge in [-0.25, -0.2) is 0 Å². The Kier molecular flexibility index (Phi) is 212. The fourth-order valence-electron chi connectivity index (χ4n) is 0. The quantitative estimate of drug-likeness (QED) is 0.405. The summed E-state index contributed by atoms with van der Waals surface area (Å²) in [5.74, 6) is 0. The van der Waals surface area contributed by atoms with Crippen molar-refractivity contribution in [2.75, 3.05) is 0 Å². The molecule has 0 atom stereocenters. The van der Waals surface area contributed by atoms with Gasteiger partial charge in [0.2, 0.25) is 0 Å². The van der Waals surface area contributed by atoms with E-state index in [-0.39, 0.29) is 75.4 Å². The number of hydrogen-bond donors (Lipinski definition) is 1. The SMILES string of the molecule is Cl.N.O.[KH]. The van der Waals surface area contributed by atoms with Crippen molar-refractivity contribution >= 4 is 63.8 Å². The molecule has 0 aliphatic carbocycles. The van der Waals surface area contributed by atoms with Crippen LogP contribution in [0.1, 0.15) is 0 Å². The molecule has 0 aliphatic heterocycles. The van der Waals surface area contributed by atoms with Gasteiger partial charge in [-0.15, -0.1) is 12.4 Å². The molecule has 0 saturated heterocycles. The van der Waals surface area contributed by atoms with Crippen molar-refractivity contribution in [3.8, 4) is 0 Å². The van der Waals surface area contributed by atoms with Crippen molar-refractivity contribution in [2.24, 2.45) is 0 Å². The Labute approximate surface area is 74.1 Å². The Balaban J connectivity index is 0. The summed E-state index contributed by atoms with van der Waals surface area (Å²) >= 11 is 0. The number of halogens is 1. The molecule has 5 N–H and O–H groups in total. The second-order valence-corrected chi connectivity index (χ2v) is 0. The molecule has 26 valence electrons. The molecule has 0 unspecified atom stereocenters. The van der Waals surface area contributed by atoms with Crippen LogP contribution in [0, 0.1) is 0 Å². The molecule has 0 heterocycles. The Hall–Kier alpha value is 1.85. The van der Waals surface area contributed by atoms with E-state index in [0.717, 1.165) is 0 Å². The third kappa shape index (κ3) is 9.14. The van der Waals surface area contributed by atoms with Crippen LogP contribution in [0.15, 0.2) is 0 Å². The summed E-state index contributed by atoms with van der Waals surface area (Å²) in [6.07, 6.45) is 0. The van der Waals surface area contributed by atoms with Crippen molar-refractivity contribution in [1.82, 2.24) is 6.15 Å². The first-order chi connectivity index (χ1) is 0. The average molecular weight is 112 g/mol. The topological polar surface area (TPSA) is 66.5 Å². The van der Waals surface area contributed by atoms with Crippen molar-refractivity contribution in [3.05, 3.63) is 0 Å². The van der Waals surface area contributed by atoms with Crippen LogP contribution < -0.4 is 6.15 Å². The number of rotatable bonds is 0. The summed E-state index contributed by atoms with van der Waals surface area (Å²) in [6, 6.07) is 0. The molecule has 0 aromatic rings. The first kappa shape index (κ1) is 40.3. The van der Waals surface area contributed by atoms with Gasteiger partial charge in [0.15, 0.2) is 0 Å². The van der Waals surface area contributed by atoms with Gasteiger partial charge < -0.3 is 11.6 Å². The van der Waals surface area contributed by atoms with Gasteiger partial charge >= 0.3 is 51.4 Å². The van der Waals surface area contributed by atoms with E-state index in [1.807, 2.05) is 0 Å². The second-order valence-electron chi connectivity index (χ2n) is 0. The Morgan fingerprint density at radius 1 is 1.00 bits per heavy atom. The maximum absolute atomic E-state index is 0. The van der Waals surface area contributed by atoms with Crippen molar-refractivity contribution < 1.29 is 5.48 Å². The summed E-state index contributed by atoms with van der Waals surface area (Å²) in [5.41, 5.74) is 0. The first-order valence-corrected chi connectivity index (χ1v) is 0. The van der Waals surface area contributed by atoms with Crippen molar-refractivity contribution in [2.45, 2.75) is 0 Å². The average Bonchev–Trinajstić information content (AvgIpc) is 0. The van der Waals surface area contributed by atoms with E-state index in [0.29, 0.717) is 0 Å². The van der Waals surface area contributed by atoms with Gasteiger partial charge in [-0.1, -0.05) is 0 Å². The predicted octanol–water partition coefficient (Wildman–Crippen LogP) is -0.889. The predicted molar refractivity (Wildman–Crippen MR) is 23.0 cm³/mol. The minimum absolute atomic E-state index is 0. The van der Waals surface area contributed by atoms with E-state index in [1.165, 1.54) is 0 Å². The zero-order valence-electron chi connectivity index (χ0n) is 1.62. The van der Waals surface area contributed by atoms with E-state index in [4.69, 9.17) is 0 Å². The molecule has 0 spiro atoms. The monoisotopic (exact) mass is 111 g/mol. The van der Waals surface area contributed by atoms with E-state index in [1.54, 1.807) is 0 Å². The molecule has 2 nitrogen and oxygen atoms in total. The summed E-state index contributed by atoms with van der Waals surface area (Å²) < 4.78 is 0. The Morgan fingerprint density at radius 2 is 1.00 bits per heavy atom. The molecular formula is H7ClKNO. The van der Waals surface area contributed by atoms with Crippen molar-refractivity contribution in [1.29, 1.82) is 0 Å². The van der Waals surface area contributed by atoms with Crippen LogP contribution in [0.4, 0.5) is 0 Å². The van der Waals surface area contributed by atoms with Crippen LogP contribution in [-0.2, 0) is 0 Å². The Morgan fingerprint density at radius 3 is 1.00 bits per heavy atom. The van der Waals surface area contributed by atoms with Gasteiger partial charge in [-0.3, -0.25) is 0 Å². The van der Waals surface area contributed by atoms with Crippen LogP contribution in [0.5, 0.6) is 0 Å². The molecule has 0 rings (SSSR count). The summed E-state index contributed by atoms with van der Waals surface area (Å²) in [7, 11) is 0. The molecule has 4 heteroatoms.